The van der Waals surface area contributed by atoms with Crippen LogP contribution >= 0.6 is 0 Å². The Balaban J connectivity index is 1.56. The molecule has 0 unspecified atom stereocenters. The van der Waals surface area contributed by atoms with Gasteiger partial charge >= 0.3 is 0 Å². The Hall–Kier alpha value is -2.54. The second kappa shape index (κ2) is 17.8. The SMILES string of the molecule is C[C@H]([C@H](OCc1ccccc1)[C@H](C)[C@H]1O[C@H]([C@@H](C)CO)CC[C@@H]1C)[C@@H](OCc1ccccc1)[C@@H](C)COCc1ccccc1. The van der Waals surface area contributed by atoms with Gasteiger partial charge in [0.05, 0.1) is 50.8 Å². The van der Waals surface area contributed by atoms with Gasteiger partial charge in [-0.2, -0.15) is 0 Å². The molecule has 240 valence electrons. The van der Waals surface area contributed by atoms with Crippen LogP contribution in [0.4, 0.5) is 0 Å². The number of hydrogen-bond acceptors (Lipinski definition) is 5. The first-order valence-electron chi connectivity index (χ1n) is 16.6. The van der Waals surface area contributed by atoms with Gasteiger partial charge in [0.25, 0.3) is 0 Å². The highest BCUT2D eigenvalue weighted by Crippen LogP contribution is 2.38. The highest BCUT2D eigenvalue weighted by Gasteiger charge is 2.42. The third-order valence-electron chi connectivity index (χ3n) is 9.42. The first kappa shape index (κ1) is 34.3. The summed E-state index contributed by atoms with van der Waals surface area (Å²) in [6.07, 6.45) is 1.95. The number of hydrogen-bond donors (Lipinski definition) is 1. The third-order valence-corrected chi connectivity index (χ3v) is 9.42. The zero-order valence-corrected chi connectivity index (χ0v) is 27.4. The van der Waals surface area contributed by atoms with Gasteiger partial charge in [0.2, 0.25) is 0 Å². The van der Waals surface area contributed by atoms with Crippen molar-refractivity contribution in [3.63, 3.8) is 0 Å². The molecule has 1 saturated heterocycles. The maximum absolute atomic E-state index is 9.88. The first-order chi connectivity index (χ1) is 21.4. The van der Waals surface area contributed by atoms with Crippen molar-refractivity contribution < 1.29 is 24.1 Å². The quantitative estimate of drug-likeness (QED) is 0.169. The van der Waals surface area contributed by atoms with Gasteiger partial charge in [0, 0.05) is 30.3 Å². The van der Waals surface area contributed by atoms with Crippen LogP contribution in [-0.4, -0.2) is 42.7 Å². The van der Waals surface area contributed by atoms with Gasteiger partial charge in [-0.3, -0.25) is 0 Å². The van der Waals surface area contributed by atoms with Crippen molar-refractivity contribution >= 4 is 0 Å². The summed E-state index contributed by atoms with van der Waals surface area (Å²) in [5.41, 5.74) is 3.48. The average molecular weight is 603 g/mol. The summed E-state index contributed by atoms with van der Waals surface area (Å²) in [6, 6.07) is 31.1. The molecule has 0 amide bonds. The molecule has 0 saturated carbocycles. The molecule has 3 aromatic carbocycles. The summed E-state index contributed by atoms with van der Waals surface area (Å²) in [4.78, 5) is 0. The fourth-order valence-corrected chi connectivity index (χ4v) is 6.73. The summed E-state index contributed by atoms with van der Waals surface area (Å²) in [7, 11) is 0. The molecule has 0 aliphatic carbocycles. The molecule has 0 bridgehead atoms. The molecule has 4 rings (SSSR count). The second-order valence-corrected chi connectivity index (χ2v) is 13.1. The number of rotatable bonds is 17. The van der Waals surface area contributed by atoms with Gasteiger partial charge in [-0.15, -0.1) is 0 Å². The molecule has 0 spiro atoms. The fourth-order valence-electron chi connectivity index (χ4n) is 6.73. The Morgan fingerprint density at radius 3 is 1.73 bits per heavy atom. The molecule has 0 radical (unpaired) electrons. The average Bonchev–Trinajstić information content (AvgIpc) is 3.06. The van der Waals surface area contributed by atoms with Crippen LogP contribution in [0.15, 0.2) is 91.0 Å². The van der Waals surface area contributed by atoms with Crippen LogP contribution < -0.4 is 0 Å². The van der Waals surface area contributed by atoms with Gasteiger partial charge in [0.15, 0.2) is 0 Å². The van der Waals surface area contributed by atoms with Gasteiger partial charge in [-0.1, -0.05) is 126 Å². The van der Waals surface area contributed by atoms with Gasteiger partial charge in [-0.05, 0) is 35.4 Å². The third kappa shape index (κ3) is 9.98. The summed E-state index contributed by atoms with van der Waals surface area (Å²) < 4.78 is 26.7. The zero-order valence-electron chi connectivity index (χ0n) is 27.4. The summed E-state index contributed by atoms with van der Waals surface area (Å²) in [5, 5.41) is 9.88. The molecule has 3 aromatic rings. The van der Waals surface area contributed by atoms with E-state index in [0.29, 0.717) is 32.3 Å². The van der Waals surface area contributed by atoms with Crippen molar-refractivity contribution in [1.82, 2.24) is 0 Å². The lowest BCUT2D eigenvalue weighted by molar-refractivity contribution is -0.174. The van der Waals surface area contributed by atoms with E-state index in [-0.39, 0.29) is 54.7 Å². The van der Waals surface area contributed by atoms with Crippen molar-refractivity contribution in [2.45, 2.75) is 91.7 Å². The summed E-state index contributed by atoms with van der Waals surface area (Å²) >= 11 is 0. The normalized spacial score (nSPS) is 22.9. The predicted molar refractivity (Wildman–Crippen MR) is 177 cm³/mol. The Morgan fingerprint density at radius 2 is 1.20 bits per heavy atom. The van der Waals surface area contributed by atoms with Crippen LogP contribution in [0.3, 0.4) is 0 Å². The number of ether oxygens (including phenoxy) is 4. The molecule has 1 aliphatic rings. The smallest absolute Gasteiger partial charge is 0.0720 e. The van der Waals surface area contributed by atoms with E-state index < -0.39 is 0 Å². The lowest BCUT2D eigenvalue weighted by atomic mass is 9.76. The largest absolute Gasteiger partial charge is 0.396 e. The maximum atomic E-state index is 9.88. The summed E-state index contributed by atoms with van der Waals surface area (Å²) in [5.74, 6) is 0.843. The standard InChI is InChI=1S/C39H54O5/c1-28-21-22-36(29(2)23-40)44-38(28)32(5)39(43-27-35-19-13-8-14-20-35)31(4)37(42-26-34-17-11-7-12-18-34)30(3)24-41-25-33-15-9-6-10-16-33/h6-20,28-32,36-40H,21-27H2,1-5H3/t28-,29-,30-,31-,32+,36-,37-,38-,39-/m0/s1. The van der Waals surface area contributed by atoms with Crippen molar-refractivity contribution in [2.75, 3.05) is 13.2 Å². The van der Waals surface area contributed by atoms with Gasteiger partial charge < -0.3 is 24.1 Å². The van der Waals surface area contributed by atoms with Crippen LogP contribution in [0.1, 0.15) is 64.2 Å². The van der Waals surface area contributed by atoms with Crippen LogP contribution in [0.25, 0.3) is 0 Å². The van der Waals surface area contributed by atoms with Crippen molar-refractivity contribution in [2.24, 2.45) is 29.6 Å². The van der Waals surface area contributed by atoms with Crippen LogP contribution in [-0.2, 0) is 38.8 Å². The van der Waals surface area contributed by atoms with E-state index >= 15 is 0 Å². The van der Waals surface area contributed by atoms with E-state index in [4.69, 9.17) is 18.9 Å². The van der Waals surface area contributed by atoms with Crippen molar-refractivity contribution in [3.05, 3.63) is 108 Å². The number of benzene rings is 3. The predicted octanol–water partition coefficient (Wildman–Crippen LogP) is 8.09. The minimum atomic E-state index is -0.108. The van der Waals surface area contributed by atoms with Gasteiger partial charge in [0.1, 0.15) is 0 Å². The van der Waals surface area contributed by atoms with Gasteiger partial charge in [-0.25, -0.2) is 0 Å². The number of aliphatic hydroxyl groups excluding tert-OH is 1. The van der Waals surface area contributed by atoms with E-state index in [1.54, 1.807) is 0 Å². The molecule has 1 N–H and O–H groups in total. The minimum Gasteiger partial charge on any atom is -0.396 e. The molecule has 1 aliphatic heterocycles. The second-order valence-electron chi connectivity index (χ2n) is 13.1. The topological polar surface area (TPSA) is 57.2 Å². The van der Waals surface area contributed by atoms with Crippen molar-refractivity contribution in [3.8, 4) is 0 Å². The number of aliphatic hydroxyl groups is 1. The molecule has 0 aromatic heterocycles. The molecular formula is C39H54O5. The Labute approximate surface area is 265 Å². The first-order valence-corrected chi connectivity index (χ1v) is 16.6. The van der Waals surface area contributed by atoms with E-state index in [0.717, 1.165) is 24.0 Å². The van der Waals surface area contributed by atoms with E-state index in [1.165, 1.54) is 5.56 Å². The molecule has 5 nitrogen and oxygen atoms in total. The minimum absolute atomic E-state index is 0.0328. The highest BCUT2D eigenvalue weighted by atomic mass is 16.5. The molecule has 9 atom stereocenters. The molecule has 1 fully saturated rings. The lowest BCUT2D eigenvalue weighted by Gasteiger charge is -2.45. The molecule has 44 heavy (non-hydrogen) atoms. The molecular weight excluding hydrogens is 548 g/mol. The van der Waals surface area contributed by atoms with Crippen molar-refractivity contribution in [1.29, 1.82) is 0 Å². The lowest BCUT2D eigenvalue weighted by Crippen LogP contribution is -2.49. The van der Waals surface area contributed by atoms with E-state index in [9.17, 15) is 5.11 Å². The molecule has 5 heteroatoms. The summed E-state index contributed by atoms with van der Waals surface area (Å²) in [6.45, 7) is 13.5. The fraction of sp³-hybridized carbons (Fsp3) is 0.538. The Morgan fingerprint density at radius 1 is 0.705 bits per heavy atom. The molecule has 1 heterocycles. The van der Waals surface area contributed by atoms with E-state index in [1.807, 2.05) is 30.3 Å². The van der Waals surface area contributed by atoms with Crippen LogP contribution in [0, 0.1) is 29.6 Å². The highest BCUT2D eigenvalue weighted by molar-refractivity contribution is 5.15. The van der Waals surface area contributed by atoms with Crippen LogP contribution in [0.5, 0.6) is 0 Å². The zero-order chi connectivity index (χ0) is 31.3. The van der Waals surface area contributed by atoms with E-state index in [2.05, 4.69) is 95.3 Å². The monoisotopic (exact) mass is 602 g/mol. The van der Waals surface area contributed by atoms with Crippen LogP contribution in [0.2, 0.25) is 0 Å². The Kier molecular flexibility index (Phi) is 13.9. The maximum Gasteiger partial charge on any atom is 0.0720 e. The Bertz CT molecular complexity index is 1170.